The first-order valence-electron chi connectivity index (χ1n) is 10.9. The van der Waals surface area contributed by atoms with Crippen LogP contribution in [0.5, 0.6) is 0 Å². The molecule has 150 valence electrons. The van der Waals surface area contributed by atoms with Gasteiger partial charge in [0.1, 0.15) is 0 Å². The molecule has 0 spiro atoms. The van der Waals surface area contributed by atoms with Crippen molar-refractivity contribution >= 4 is 18.7 Å². The van der Waals surface area contributed by atoms with Gasteiger partial charge < -0.3 is 4.43 Å². The van der Waals surface area contributed by atoms with Gasteiger partial charge in [-0.1, -0.05) is 49.2 Å². The first-order chi connectivity index (χ1) is 13.0. The summed E-state index contributed by atoms with van der Waals surface area (Å²) in [5.41, 5.74) is 8.74. The summed E-state index contributed by atoms with van der Waals surface area (Å²) in [5.74, 6) is 0.710. The van der Waals surface area contributed by atoms with E-state index in [1.54, 1.807) is 10.4 Å². The van der Waals surface area contributed by atoms with Crippen molar-refractivity contribution in [2.24, 2.45) is 11.3 Å². The summed E-state index contributed by atoms with van der Waals surface area (Å²) in [6.07, 6.45) is 3.02. The zero-order chi connectivity index (χ0) is 20.4. The Morgan fingerprint density at radius 1 is 0.786 bits per heavy atom. The number of aryl methyl sites for hydroxylation is 6. The van der Waals surface area contributed by atoms with Gasteiger partial charge in [-0.05, 0) is 104 Å². The Morgan fingerprint density at radius 2 is 1.21 bits per heavy atom. The Labute approximate surface area is 172 Å². The Hall–Kier alpha value is -1.38. The van der Waals surface area contributed by atoms with Crippen LogP contribution in [0, 0.1) is 52.9 Å². The van der Waals surface area contributed by atoms with Gasteiger partial charge in [-0.3, -0.25) is 0 Å². The summed E-state index contributed by atoms with van der Waals surface area (Å²) in [4.78, 5) is 0. The largest absolute Gasteiger partial charge is 0.404 e. The predicted octanol–water partition coefficient (Wildman–Crippen LogP) is 5.43. The summed E-state index contributed by atoms with van der Waals surface area (Å²) < 4.78 is 7.40. The van der Waals surface area contributed by atoms with Gasteiger partial charge >= 0.3 is 0 Å². The third kappa shape index (κ3) is 2.92. The number of hydrogen-bond donors (Lipinski definition) is 0. The third-order valence-electron chi connectivity index (χ3n) is 7.40. The highest BCUT2D eigenvalue weighted by Crippen LogP contribution is 2.52. The van der Waals surface area contributed by atoms with E-state index in [0.717, 1.165) is 0 Å². The molecule has 2 aromatic carbocycles. The van der Waals surface area contributed by atoms with Crippen LogP contribution < -0.4 is 10.4 Å². The Balaban J connectivity index is 2.00. The normalized spacial score (nSPS) is 25.1. The molecule has 1 heterocycles. The standard InChI is InChI=1S/C26H36OSi/c1-16-11-18(3)23(19(4)12-16)28(24-20(5)13-17(2)14-21(24)6)15-22-9-10-26(7,8)25(22)27-28/h11-14,22,25H,9-10,15H2,1-8H3/t22-,25+/m1/s1. The van der Waals surface area contributed by atoms with E-state index < -0.39 is 8.32 Å². The van der Waals surface area contributed by atoms with Gasteiger partial charge in [0, 0.05) is 0 Å². The van der Waals surface area contributed by atoms with Crippen LogP contribution in [-0.4, -0.2) is 14.4 Å². The molecule has 1 saturated heterocycles. The fourth-order valence-electron chi connectivity index (χ4n) is 6.67. The Morgan fingerprint density at radius 3 is 1.61 bits per heavy atom. The molecule has 0 radical (unpaired) electrons. The Kier molecular flexibility index (Phi) is 4.67. The van der Waals surface area contributed by atoms with Gasteiger partial charge in [-0.2, -0.15) is 0 Å². The van der Waals surface area contributed by atoms with E-state index in [0.29, 0.717) is 17.4 Å². The van der Waals surface area contributed by atoms with E-state index >= 15 is 0 Å². The third-order valence-corrected chi connectivity index (χ3v) is 12.3. The molecule has 1 aliphatic carbocycles. The van der Waals surface area contributed by atoms with Crippen LogP contribution in [0.4, 0.5) is 0 Å². The average molecular weight is 393 g/mol. The topological polar surface area (TPSA) is 9.23 Å². The zero-order valence-corrected chi connectivity index (χ0v) is 20.0. The van der Waals surface area contributed by atoms with E-state index in [4.69, 9.17) is 4.43 Å². The summed E-state index contributed by atoms with van der Waals surface area (Å²) in [5, 5.41) is 3.11. The maximum atomic E-state index is 7.40. The number of fused-ring (bicyclic) bond motifs is 1. The molecule has 2 fully saturated rings. The van der Waals surface area contributed by atoms with Crippen LogP contribution in [-0.2, 0) is 4.43 Å². The molecule has 0 amide bonds. The molecule has 2 aliphatic rings. The summed E-state index contributed by atoms with van der Waals surface area (Å²) in [7, 11) is -2.29. The van der Waals surface area contributed by atoms with E-state index in [2.05, 4.69) is 79.7 Å². The summed E-state index contributed by atoms with van der Waals surface area (Å²) >= 11 is 0. The molecule has 2 heteroatoms. The van der Waals surface area contributed by atoms with Crippen LogP contribution in [0.2, 0.25) is 6.04 Å². The second-order valence-corrected chi connectivity index (χ2v) is 13.7. The van der Waals surface area contributed by atoms with Gasteiger partial charge in [0.2, 0.25) is 0 Å². The first kappa shape index (κ1) is 19.9. The van der Waals surface area contributed by atoms with Gasteiger partial charge in [-0.15, -0.1) is 0 Å². The molecule has 4 rings (SSSR count). The van der Waals surface area contributed by atoms with Crippen molar-refractivity contribution in [2.45, 2.75) is 80.4 Å². The van der Waals surface area contributed by atoms with Crippen molar-refractivity contribution in [2.75, 3.05) is 0 Å². The molecule has 2 aromatic rings. The van der Waals surface area contributed by atoms with Gasteiger partial charge in [0.05, 0.1) is 6.10 Å². The minimum absolute atomic E-state index is 0.290. The molecule has 0 N–H and O–H groups in total. The molecule has 28 heavy (non-hydrogen) atoms. The lowest BCUT2D eigenvalue weighted by Crippen LogP contribution is -2.62. The Bertz CT molecular complexity index is 836. The maximum Gasteiger partial charge on any atom is 0.257 e. The second-order valence-electron chi connectivity index (χ2n) is 10.4. The molecule has 1 saturated carbocycles. The molecular weight excluding hydrogens is 356 g/mol. The summed E-state index contributed by atoms with van der Waals surface area (Å²) in [6, 6.07) is 10.7. The first-order valence-corrected chi connectivity index (χ1v) is 13.0. The van der Waals surface area contributed by atoms with Gasteiger partial charge in [0.15, 0.2) is 0 Å². The smallest absolute Gasteiger partial charge is 0.257 e. The highest BCUT2D eigenvalue weighted by Gasteiger charge is 2.59. The van der Waals surface area contributed by atoms with Crippen molar-refractivity contribution in [3.05, 3.63) is 57.6 Å². The van der Waals surface area contributed by atoms with Gasteiger partial charge in [0.25, 0.3) is 8.32 Å². The number of hydrogen-bond acceptors (Lipinski definition) is 1. The van der Waals surface area contributed by atoms with E-state index in [9.17, 15) is 0 Å². The molecule has 0 aromatic heterocycles. The average Bonchev–Trinajstić information content (AvgIpc) is 3.03. The van der Waals surface area contributed by atoms with Crippen LogP contribution in [0.25, 0.3) is 0 Å². The van der Waals surface area contributed by atoms with E-state index in [1.165, 1.54) is 52.3 Å². The predicted molar refractivity (Wildman–Crippen MR) is 123 cm³/mol. The lowest BCUT2D eigenvalue weighted by molar-refractivity contribution is 0.0983. The van der Waals surface area contributed by atoms with Crippen LogP contribution in [0.15, 0.2) is 24.3 Å². The van der Waals surface area contributed by atoms with Crippen molar-refractivity contribution < 1.29 is 4.43 Å². The van der Waals surface area contributed by atoms with Crippen molar-refractivity contribution in [1.29, 1.82) is 0 Å². The second kappa shape index (κ2) is 6.57. The number of rotatable bonds is 2. The molecular formula is C26H36OSi. The van der Waals surface area contributed by atoms with Gasteiger partial charge in [-0.25, -0.2) is 0 Å². The van der Waals surface area contributed by atoms with Crippen LogP contribution >= 0.6 is 0 Å². The number of benzene rings is 2. The fourth-order valence-corrected chi connectivity index (χ4v) is 12.6. The van der Waals surface area contributed by atoms with Crippen molar-refractivity contribution in [3.8, 4) is 0 Å². The van der Waals surface area contributed by atoms with Crippen molar-refractivity contribution in [1.82, 2.24) is 0 Å². The molecule has 0 unspecified atom stereocenters. The molecule has 1 nitrogen and oxygen atoms in total. The minimum Gasteiger partial charge on any atom is -0.404 e. The lowest BCUT2D eigenvalue weighted by Gasteiger charge is -2.37. The molecule has 1 aliphatic heterocycles. The quantitative estimate of drug-likeness (QED) is 0.619. The SMILES string of the molecule is Cc1cc(C)c([Si]2(c3c(C)cc(C)cc3C)C[C@H]3CCC(C)(C)[C@H]3O2)c(C)c1. The lowest BCUT2D eigenvalue weighted by atomic mass is 9.88. The fraction of sp³-hybridized carbons (Fsp3) is 0.538. The highest BCUT2D eigenvalue weighted by molar-refractivity contribution is 6.99. The van der Waals surface area contributed by atoms with Crippen molar-refractivity contribution in [3.63, 3.8) is 0 Å². The van der Waals surface area contributed by atoms with Crippen LogP contribution in [0.3, 0.4) is 0 Å². The minimum atomic E-state index is -2.29. The highest BCUT2D eigenvalue weighted by atomic mass is 28.4. The summed E-state index contributed by atoms with van der Waals surface area (Å²) in [6.45, 7) is 18.5. The molecule has 0 bridgehead atoms. The van der Waals surface area contributed by atoms with E-state index in [-0.39, 0.29) is 0 Å². The van der Waals surface area contributed by atoms with E-state index in [1.807, 2.05) is 0 Å². The zero-order valence-electron chi connectivity index (χ0n) is 19.0. The van der Waals surface area contributed by atoms with Crippen LogP contribution in [0.1, 0.15) is 60.1 Å². The molecule has 2 atom stereocenters. The maximum absolute atomic E-state index is 7.40. The monoisotopic (exact) mass is 392 g/mol.